The highest BCUT2D eigenvalue weighted by molar-refractivity contribution is 9.10. The summed E-state index contributed by atoms with van der Waals surface area (Å²) in [4.78, 5) is 3.89. The summed E-state index contributed by atoms with van der Waals surface area (Å²) < 4.78 is 13.9. The first-order valence-electron chi connectivity index (χ1n) is 4.15. The van der Waals surface area contributed by atoms with E-state index in [1.54, 1.807) is 12.1 Å². The Bertz CT molecular complexity index is 352. The van der Waals surface area contributed by atoms with Gasteiger partial charge < -0.3 is 11.1 Å². The average Bonchev–Trinajstić information content (AvgIpc) is 2.10. The Morgan fingerprint density at radius 1 is 1.64 bits per heavy atom. The van der Waals surface area contributed by atoms with Gasteiger partial charge in [-0.1, -0.05) is 15.9 Å². The number of guanidine groups is 1. The Kier molecular flexibility index (Phi) is 3.88. The van der Waals surface area contributed by atoms with Crippen molar-refractivity contribution in [2.24, 2.45) is 10.7 Å². The highest BCUT2D eigenvalue weighted by atomic mass is 79.9. The van der Waals surface area contributed by atoms with Gasteiger partial charge in [0.15, 0.2) is 5.96 Å². The number of nitrogens with zero attached hydrogens (tertiary/aromatic N) is 1. The maximum Gasteiger partial charge on any atom is 0.193 e. The van der Waals surface area contributed by atoms with E-state index in [-0.39, 0.29) is 11.8 Å². The van der Waals surface area contributed by atoms with Crippen LogP contribution in [-0.4, -0.2) is 12.5 Å². The van der Waals surface area contributed by atoms with E-state index in [9.17, 15) is 4.39 Å². The molecule has 0 atom stereocenters. The summed E-state index contributed by atoms with van der Waals surface area (Å²) in [7, 11) is 0. The molecule has 0 radical (unpaired) electrons. The number of aliphatic imine (C=N–C) groups is 1. The molecule has 76 valence electrons. The number of halogens is 2. The minimum Gasteiger partial charge on any atom is -0.370 e. The molecule has 0 fully saturated rings. The van der Waals surface area contributed by atoms with Crippen molar-refractivity contribution in [3.05, 3.63) is 28.5 Å². The standard InChI is InChI=1S/C9H11BrFN3/c1-2-13-9(12)14-8-4-3-6(10)5-7(8)11/h3-5H,2H2,1H3,(H3,12,13,14). The summed E-state index contributed by atoms with van der Waals surface area (Å²) in [6.07, 6.45) is 0. The molecular weight excluding hydrogens is 249 g/mol. The van der Waals surface area contributed by atoms with Crippen LogP contribution in [0.25, 0.3) is 0 Å². The molecule has 1 aromatic rings. The van der Waals surface area contributed by atoms with E-state index in [0.29, 0.717) is 16.7 Å². The lowest BCUT2D eigenvalue weighted by molar-refractivity contribution is 0.631. The van der Waals surface area contributed by atoms with Gasteiger partial charge in [-0.15, -0.1) is 0 Å². The fourth-order valence-corrected chi connectivity index (χ4v) is 1.27. The van der Waals surface area contributed by atoms with E-state index >= 15 is 0 Å². The number of anilines is 1. The third kappa shape index (κ3) is 2.99. The summed E-state index contributed by atoms with van der Waals surface area (Å²) in [5.41, 5.74) is 5.81. The van der Waals surface area contributed by atoms with Crippen molar-refractivity contribution in [3.63, 3.8) is 0 Å². The predicted octanol–water partition coefficient (Wildman–Crippen LogP) is 2.33. The highest BCUT2D eigenvalue weighted by Crippen LogP contribution is 2.18. The maximum absolute atomic E-state index is 13.2. The van der Waals surface area contributed by atoms with Crippen molar-refractivity contribution in [1.82, 2.24) is 0 Å². The van der Waals surface area contributed by atoms with Crippen LogP contribution in [0, 0.1) is 5.82 Å². The molecule has 0 amide bonds. The summed E-state index contributed by atoms with van der Waals surface area (Å²) in [5, 5.41) is 2.67. The molecule has 14 heavy (non-hydrogen) atoms. The number of nitrogens with two attached hydrogens (primary N) is 1. The third-order valence-corrected chi connectivity index (χ3v) is 2.02. The molecule has 0 heterocycles. The first kappa shape index (κ1) is 11.0. The van der Waals surface area contributed by atoms with E-state index in [1.807, 2.05) is 6.92 Å². The van der Waals surface area contributed by atoms with Gasteiger partial charge in [-0.2, -0.15) is 0 Å². The van der Waals surface area contributed by atoms with Gasteiger partial charge >= 0.3 is 0 Å². The fourth-order valence-electron chi connectivity index (χ4n) is 0.939. The van der Waals surface area contributed by atoms with Gasteiger partial charge in [-0.05, 0) is 25.1 Å². The van der Waals surface area contributed by atoms with E-state index in [1.165, 1.54) is 6.07 Å². The van der Waals surface area contributed by atoms with Gasteiger partial charge in [0.25, 0.3) is 0 Å². The van der Waals surface area contributed by atoms with Crippen molar-refractivity contribution in [1.29, 1.82) is 0 Å². The molecule has 0 aliphatic carbocycles. The number of rotatable bonds is 2. The monoisotopic (exact) mass is 259 g/mol. The molecule has 0 saturated carbocycles. The van der Waals surface area contributed by atoms with Gasteiger partial charge in [-0.3, -0.25) is 4.99 Å². The summed E-state index contributed by atoms with van der Waals surface area (Å²) >= 11 is 3.16. The predicted molar refractivity (Wildman–Crippen MR) is 59.9 cm³/mol. The van der Waals surface area contributed by atoms with E-state index in [0.717, 1.165) is 0 Å². The molecule has 3 nitrogen and oxygen atoms in total. The van der Waals surface area contributed by atoms with Gasteiger partial charge in [0.2, 0.25) is 0 Å². The molecule has 1 rings (SSSR count). The molecule has 5 heteroatoms. The molecule has 0 saturated heterocycles. The second-order valence-electron chi connectivity index (χ2n) is 2.61. The first-order valence-corrected chi connectivity index (χ1v) is 4.94. The van der Waals surface area contributed by atoms with Crippen LogP contribution < -0.4 is 11.1 Å². The number of nitrogens with one attached hydrogen (secondary N) is 1. The zero-order valence-corrected chi connectivity index (χ0v) is 9.31. The summed E-state index contributed by atoms with van der Waals surface area (Å²) in [5.74, 6) is -0.151. The van der Waals surface area contributed by atoms with Crippen LogP contribution in [-0.2, 0) is 0 Å². The van der Waals surface area contributed by atoms with Crippen molar-refractivity contribution >= 4 is 27.6 Å². The lowest BCUT2D eigenvalue weighted by Gasteiger charge is -2.06. The number of benzene rings is 1. The van der Waals surface area contributed by atoms with E-state index in [4.69, 9.17) is 5.73 Å². The van der Waals surface area contributed by atoms with Gasteiger partial charge in [0.05, 0.1) is 5.69 Å². The first-order chi connectivity index (χ1) is 6.63. The van der Waals surface area contributed by atoms with E-state index < -0.39 is 0 Å². The summed E-state index contributed by atoms with van der Waals surface area (Å²) in [6, 6.07) is 4.68. The molecule has 0 unspecified atom stereocenters. The van der Waals surface area contributed by atoms with Gasteiger partial charge in [0.1, 0.15) is 5.82 Å². The molecule has 0 spiro atoms. The van der Waals surface area contributed by atoms with Crippen LogP contribution in [0.3, 0.4) is 0 Å². The Morgan fingerprint density at radius 3 is 2.93 bits per heavy atom. The van der Waals surface area contributed by atoms with Crippen molar-refractivity contribution in [2.75, 3.05) is 11.9 Å². The Hall–Kier alpha value is -1.10. The Labute approximate surface area is 90.3 Å². The smallest absolute Gasteiger partial charge is 0.193 e. The van der Waals surface area contributed by atoms with Crippen molar-refractivity contribution in [3.8, 4) is 0 Å². The van der Waals surface area contributed by atoms with Crippen LogP contribution in [0.15, 0.2) is 27.7 Å². The van der Waals surface area contributed by atoms with Crippen LogP contribution in [0.2, 0.25) is 0 Å². The van der Waals surface area contributed by atoms with Crippen LogP contribution in [0.1, 0.15) is 6.92 Å². The molecule has 0 aromatic heterocycles. The quantitative estimate of drug-likeness (QED) is 0.633. The topological polar surface area (TPSA) is 50.4 Å². The number of hydrogen-bond acceptors (Lipinski definition) is 1. The number of hydrogen-bond donors (Lipinski definition) is 2. The SMILES string of the molecule is CCN=C(N)Nc1ccc(Br)cc1F. The second kappa shape index (κ2) is 4.95. The molecule has 1 aromatic carbocycles. The molecule has 3 N–H and O–H groups in total. The fraction of sp³-hybridized carbons (Fsp3) is 0.222. The van der Waals surface area contributed by atoms with Crippen LogP contribution >= 0.6 is 15.9 Å². The second-order valence-corrected chi connectivity index (χ2v) is 3.52. The minimum absolute atomic E-state index is 0.216. The zero-order valence-electron chi connectivity index (χ0n) is 7.72. The van der Waals surface area contributed by atoms with E-state index in [2.05, 4.69) is 26.2 Å². The average molecular weight is 260 g/mol. The lowest BCUT2D eigenvalue weighted by atomic mass is 10.3. The summed E-state index contributed by atoms with van der Waals surface area (Å²) in [6.45, 7) is 2.42. The van der Waals surface area contributed by atoms with Gasteiger partial charge in [0, 0.05) is 11.0 Å². The highest BCUT2D eigenvalue weighted by Gasteiger charge is 2.02. The Balaban J connectivity index is 2.82. The maximum atomic E-state index is 13.2. The minimum atomic E-state index is -0.367. The van der Waals surface area contributed by atoms with Gasteiger partial charge in [-0.25, -0.2) is 4.39 Å². The molecular formula is C9H11BrFN3. The Morgan fingerprint density at radius 2 is 2.36 bits per heavy atom. The van der Waals surface area contributed by atoms with Crippen LogP contribution in [0.4, 0.5) is 10.1 Å². The molecule has 0 aliphatic heterocycles. The largest absolute Gasteiger partial charge is 0.370 e. The molecule has 0 bridgehead atoms. The lowest BCUT2D eigenvalue weighted by Crippen LogP contribution is -2.23. The third-order valence-electron chi connectivity index (χ3n) is 1.52. The van der Waals surface area contributed by atoms with Crippen molar-refractivity contribution < 1.29 is 4.39 Å². The molecule has 0 aliphatic rings. The normalized spacial score (nSPS) is 11.5. The van der Waals surface area contributed by atoms with Crippen molar-refractivity contribution in [2.45, 2.75) is 6.92 Å². The van der Waals surface area contributed by atoms with Crippen LogP contribution in [0.5, 0.6) is 0 Å². The zero-order chi connectivity index (χ0) is 10.6.